The summed E-state index contributed by atoms with van der Waals surface area (Å²) in [4.78, 5) is 12.3. The first kappa shape index (κ1) is 18.5. The number of hydrogen-bond acceptors (Lipinski definition) is 3. The summed E-state index contributed by atoms with van der Waals surface area (Å²) in [6, 6.07) is 27.6. The Balaban J connectivity index is 1.28. The molecular weight excluding hydrogens is 360 g/mol. The van der Waals surface area contributed by atoms with E-state index in [0.29, 0.717) is 12.8 Å². The molecule has 0 unspecified atom stereocenters. The molecule has 0 radical (unpaired) electrons. The monoisotopic (exact) mass is 382 g/mol. The Bertz CT molecular complexity index is 1060. The number of amides is 1. The second-order valence-corrected chi connectivity index (χ2v) is 6.75. The third-order valence-electron chi connectivity index (χ3n) is 4.53. The Kier molecular flexibility index (Phi) is 5.67. The van der Waals surface area contributed by atoms with Gasteiger partial charge in [0.2, 0.25) is 5.91 Å². The smallest absolute Gasteiger partial charge is 0.224 e. The van der Waals surface area contributed by atoms with Gasteiger partial charge in [-0.05, 0) is 60.5 Å². The van der Waals surface area contributed by atoms with Crippen molar-refractivity contribution in [3.05, 3.63) is 103 Å². The van der Waals surface area contributed by atoms with Gasteiger partial charge in [0, 0.05) is 29.7 Å². The van der Waals surface area contributed by atoms with Crippen LogP contribution in [-0.2, 0) is 11.2 Å². The molecule has 3 aromatic carbocycles. The second kappa shape index (κ2) is 8.89. The predicted molar refractivity (Wildman–Crippen MR) is 117 cm³/mol. The Morgan fingerprint density at radius 1 is 0.793 bits per heavy atom. The molecule has 5 nitrogen and oxygen atoms in total. The molecule has 2 N–H and O–H groups in total. The van der Waals surface area contributed by atoms with Gasteiger partial charge >= 0.3 is 0 Å². The van der Waals surface area contributed by atoms with E-state index in [9.17, 15) is 4.79 Å². The van der Waals surface area contributed by atoms with E-state index in [0.717, 1.165) is 28.3 Å². The number of benzene rings is 3. The van der Waals surface area contributed by atoms with Crippen LogP contribution in [0.5, 0.6) is 0 Å². The molecule has 0 saturated carbocycles. The summed E-state index contributed by atoms with van der Waals surface area (Å²) in [5.74, 6) is -0.0128. The van der Waals surface area contributed by atoms with Crippen molar-refractivity contribution < 1.29 is 4.79 Å². The van der Waals surface area contributed by atoms with Crippen LogP contribution in [-0.4, -0.2) is 15.7 Å². The summed E-state index contributed by atoms with van der Waals surface area (Å²) in [6.07, 6.45) is 4.83. The van der Waals surface area contributed by atoms with Gasteiger partial charge in [0.25, 0.3) is 0 Å². The van der Waals surface area contributed by atoms with Gasteiger partial charge in [-0.3, -0.25) is 4.79 Å². The molecule has 1 heterocycles. The molecule has 144 valence electrons. The van der Waals surface area contributed by atoms with Crippen molar-refractivity contribution >= 4 is 23.0 Å². The first-order valence-electron chi connectivity index (χ1n) is 9.57. The van der Waals surface area contributed by atoms with Gasteiger partial charge < -0.3 is 10.6 Å². The van der Waals surface area contributed by atoms with Crippen LogP contribution in [0, 0.1) is 0 Å². The lowest BCUT2D eigenvalue weighted by Crippen LogP contribution is -2.12. The van der Waals surface area contributed by atoms with Crippen molar-refractivity contribution in [3.63, 3.8) is 0 Å². The summed E-state index contributed by atoms with van der Waals surface area (Å²) in [5, 5.41) is 10.6. The first-order chi connectivity index (χ1) is 14.3. The minimum absolute atomic E-state index is 0.0128. The second-order valence-electron chi connectivity index (χ2n) is 6.75. The number of carbonyl (C=O) groups is 1. The molecule has 0 aliphatic carbocycles. The summed E-state index contributed by atoms with van der Waals surface area (Å²) >= 11 is 0. The van der Waals surface area contributed by atoms with E-state index in [1.807, 2.05) is 102 Å². The molecule has 29 heavy (non-hydrogen) atoms. The van der Waals surface area contributed by atoms with Crippen molar-refractivity contribution in [1.29, 1.82) is 0 Å². The van der Waals surface area contributed by atoms with Crippen LogP contribution in [0.3, 0.4) is 0 Å². The lowest BCUT2D eigenvalue weighted by Gasteiger charge is -2.08. The highest BCUT2D eigenvalue weighted by Gasteiger charge is 2.06. The Morgan fingerprint density at radius 2 is 1.41 bits per heavy atom. The van der Waals surface area contributed by atoms with Crippen molar-refractivity contribution in [3.8, 4) is 5.69 Å². The average molecular weight is 382 g/mol. The number of anilines is 3. The van der Waals surface area contributed by atoms with Crippen LogP contribution in [0.15, 0.2) is 97.3 Å². The molecule has 0 bridgehead atoms. The van der Waals surface area contributed by atoms with Crippen molar-refractivity contribution in [2.75, 3.05) is 10.6 Å². The van der Waals surface area contributed by atoms with E-state index in [4.69, 9.17) is 0 Å². The van der Waals surface area contributed by atoms with Crippen LogP contribution in [0.25, 0.3) is 5.69 Å². The molecule has 0 aliphatic heterocycles. The fraction of sp³-hybridized carbons (Fsp3) is 0.0833. The lowest BCUT2D eigenvalue weighted by molar-refractivity contribution is -0.116. The van der Waals surface area contributed by atoms with Crippen molar-refractivity contribution in [2.24, 2.45) is 0 Å². The maximum absolute atomic E-state index is 12.3. The third kappa shape index (κ3) is 5.11. The molecule has 1 amide bonds. The third-order valence-corrected chi connectivity index (χ3v) is 4.53. The summed E-state index contributed by atoms with van der Waals surface area (Å²) in [5.41, 5.74) is 4.83. The van der Waals surface area contributed by atoms with E-state index in [1.165, 1.54) is 0 Å². The van der Waals surface area contributed by atoms with Crippen LogP contribution in [0.1, 0.15) is 12.0 Å². The molecule has 1 aromatic heterocycles. The maximum Gasteiger partial charge on any atom is 0.224 e. The highest BCUT2D eigenvalue weighted by atomic mass is 16.1. The highest BCUT2D eigenvalue weighted by molar-refractivity contribution is 5.91. The molecule has 4 rings (SSSR count). The number of aromatic nitrogens is 2. The number of nitrogens with one attached hydrogen (secondary N) is 2. The molecule has 0 spiro atoms. The molecule has 0 atom stereocenters. The lowest BCUT2D eigenvalue weighted by atomic mass is 10.2. The zero-order valence-electron chi connectivity index (χ0n) is 16.0. The van der Waals surface area contributed by atoms with E-state index < -0.39 is 0 Å². The van der Waals surface area contributed by atoms with E-state index in [1.54, 1.807) is 0 Å². The van der Waals surface area contributed by atoms with Gasteiger partial charge in [-0.25, -0.2) is 4.68 Å². The number of nitrogens with zero attached hydrogens (tertiary/aromatic N) is 2. The highest BCUT2D eigenvalue weighted by Crippen LogP contribution is 2.19. The maximum atomic E-state index is 12.3. The number of carbonyl (C=O) groups excluding carboxylic acids is 1. The van der Waals surface area contributed by atoms with Crippen LogP contribution >= 0.6 is 0 Å². The van der Waals surface area contributed by atoms with Crippen LogP contribution in [0.2, 0.25) is 0 Å². The minimum atomic E-state index is -0.0128. The average Bonchev–Trinajstić information content (AvgIpc) is 3.24. The topological polar surface area (TPSA) is 59.0 Å². The van der Waals surface area contributed by atoms with E-state index in [2.05, 4.69) is 15.7 Å². The number of aryl methyl sites for hydroxylation is 1. The summed E-state index contributed by atoms with van der Waals surface area (Å²) < 4.78 is 1.83. The number of rotatable bonds is 7. The minimum Gasteiger partial charge on any atom is -0.356 e. The number of para-hydroxylation sites is 2. The zero-order valence-corrected chi connectivity index (χ0v) is 16.0. The van der Waals surface area contributed by atoms with Gasteiger partial charge in [0.05, 0.1) is 11.9 Å². The van der Waals surface area contributed by atoms with Gasteiger partial charge in [0.1, 0.15) is 0 Å². The van der Waals surface area contributed by atoms with Gasteiger partial charge in [-0.15, -0.1) is 0 Å². The van der Waals surface area contributed by atoms with E-state index in [-0.39, 0.29) is 5.91 Å². The Hall–Kier alpha value is -3.86. The van der Waals surface area contributed by atoms with Crippen molar-refractivity contribution in [2.45, 2.75) is 12.8 Å². The first-order valence-corrected chi connectivity index (χ1v) is 9.57. The molecule has 0 aliphatic rings. The zero-order chi connectivity index (χ0) is 19.9. The number of hydrogen-bond donors (Lipinski definition) is 2. The predicted octanol–water partition coefficient (Wildman–Crippen LogP) is 5.19. The largest absolute Gasteiger partial charge is 0.356 e. The van der Waals surface area contributed by atoms with Crippen molar-refractivity contribution in [1.82, 2.24) is 9.78 Å². The normalized spacial score (nSPS) is 10.5. The molecule has 0 saturated heterocycles. The molecule has 4 aromatic rings. The van der Waals surface area contributed by atoms with Crippen LogP contribution < -0.4 is 10.6 Å². The van der Waals surface area contributed by atoms with Gasteiger partial charge in [0.15, 0.2) is 0 Å². The quantitative estimate of drug-likeness (QED) is 0.463. The summed E-state index contributed by atoms with van der Waals surface area (Å²) in [6.45, 7) is 0. The fourth-order valence-corrected chi connectivity index (χ4v) is 3.02. The molecular formula is C24H22N4O. The fourth-order valence-electron chi connectivity index (χ4n) is 3.02. The van der Waals surface area contributed by atoms with Gasteiger partial charge in [-0.2, -0.15) is 5.10 Å². The van der Waals surface area contributed by atoms with Gasteiger partial charge in [-0.1, -0.05) is 36.4 Å². The summed E-state index contributed by atoms with van der Waals surface area (Å²) in [7, 11) is 0. The Morgan fingerprint density at radius 3 is 2.14 bits per heavy atom. The molecule has 0 fully saturated rings. The molecule has 5 heteroatoms. The SMILES string of the molecule is O=C(CCc1cnn(-c2ccccc2)c1)Nc1ccc(Nc2ccccc2)cc1. The van der Waals surface area contributed by atoms with E-state index >= 15 is 0 Å². The Labute approximate surface area is 170 Å². The standard InChI is InChI=1S/C24H22N4O/c29-24(16-11-19-17-25-28(18-19)23-9-5-2-6-10-23)27-22-14-12-21(13-15-22)26-20-7-3-1-4-8-20/h1-10,12-15,17-18,26H,11,16H2,(H,27,29). The van der Waals surface area contributed by atoms with Crippen LogP contribution in [0.4, 0.5) is 17.1 Å².